The van der Waals surface area contributed by atoms with Crippen molar-refractivity contribution in [1.82, 2.24) is 9.78 Å². The van der Waals surface area contributed by atoms with Crippen molar-refractivity contribution in [3.05, 3.63) is 51.2 Å². The molecule has 0 spiro atoms. The highest BCUT2D eigenvalue weighted by Gasteiger charge is 2.06. The van der Waals surface area contributed by atoms with Crippen molar-refractivity contribution in [3.63, 3.8) is 0 Å². The summed E-state index contributed by atoms with van der Waals surface area (Å²) in [5, 5.41) is 13.5. The van der Waals surface area contributed by atoms with Gasteiger partial charge >= 0.3 is 0 Å². The molecule has 0 aliphatic rings. The predicted molar refractivity (Wildman–Crippen MR) is 65.2 cm³/mol. The summed E-state index contributed by atoms with van der Waals surface area (Å²) >= 11 is 9.11. The molecule has 0 aliphatic heterocycles. The van der Waals surface area contributed by atoms with Gasteiger partial charge in [0.1, 0.15) is 0 Å². The highest BCUT2D eigenvalue weighted by molar-refractivity contribution is 9.10. The van der Waals surface area contributed by atoms with Crippen molar-refractivity contribution in [3.8, 4) is 6.07 Å². The summed E-state index contributed by atoms with van der Waals surface area (Å²) in [6.45, 7) is 0.537. The van der Waals surface area contributed by atoms with Crippen LogP contribution >= 0.6 is 27.5 Å². The van der Waals surface area contributed by atoms with Crippen LogP contribution in [-0.4, -0.2) is 9.78 Å². The van der Waals surface area contributed by atoms with Crippen molar-refractivity contribution in [1.29, 1.82) is 5.26 Å². The number of nitriles is 1. The molecule has 0 unspecified atom stereocenters. The number of aromatic nitrogens is 2. The van der Waals surface area contributed by atoms with Crippen LogP contribution in [0.25, 0.3) is 0 Å². The van der Waals surface area contributed by atoms with Crippen LogP contribution in [0.4, 0.5) is 0 Å². The molecule has 0 N–H and O–H groups in total. The molecule has 0 amide bonds. The van der Waals surface area contributed by atoms with Gasteiger partial charge in [-0.05, 0) is 27.6 Å². The van der Waals surface area contributed by atoms with Gasteiger partial charge in [0.15, 0.2) is 5.15 Å². The zero-order valence-corrected chi connectivity index (χ0v) is 10.5. The Morgan fingerprint density at radius 3 is 2.81 bits per heavy atom. The first-order chi connectivity index (χ1) is 7.70. The van der Waals surface area contributed by atoms with E-state index in [0.29, 0.717) is 17.3 Å². The molecule has 0 fully saturated rings. The van der Waals surface area contributed by atoms with Crippen LogP contribution in [0, 0.1) is 11.3 Å². The molecule has 1 heterocycles. The molecule has 5 heteroatoms. The van der Waals surface area contributed by atoms with Gasteiger partial charge in [-0.15, -0.1) is 0 Å². The Morgan fingerprint density at radius 1 is 1.44 bits per heavy atom. The lowest BCUT2D eigenvalue weighted by molar-refractivity contribution is 0.686. The summed E-state index contributed by atoms with van der Waals surface area (Å²) in [6, 6.07) is 9.58. The van der Waals surface area contributed by atoms with Crippen LogP contribution in [0.5, 0.6) is 0 Å². The van der Waals surface area contributed by atoms with E-state index in [1.165, 1.54) is 0 Å². The van der Waals surface area contributed by atoms with E-state index in [2.05, 4.69) is 27.1 Å². The van der Waals surface area contributed by atoms with Crippen LogP contribution in [0.2, 0.25) is 5.15 Å². The van der Waals surface area contributed by atoms with Gasteiger partial charge in [-0.3, -0.25) is 4.68 Å². The lowest BCUT2D eigenvalue weighted by atomic mass is 10.1. The molecular formula is C11H7BrClN3. The first kappa shape index (κ1) is 11.2. The number of hydrogen-bond donors (Lipinski definition) is 0. The maximum atomic E-state index is 8.94. The third kappa shape index (κ3) is 2.26. The van der Waals surface area contributed by atoms with E-state index in [1.807, 2.05) is 18.2 Å². The minimum Gasteiger partial charge on any atom is -0.266 e. The SMILES string of the molecule is N#Cc1ccccc1Cn1cc(Br)c(Cl)n1. The molecular weight excluding hydrogens is 289 g/mol. The summed E-state index contributed by atoms with van der Waals surface area (Å²) in [5.41, 5.74) is 1.59. The Kier molecular flexibility index (Phi) is 3.28. The van der Waals surface area contributed by atoms with E-state index in [4.69, 9.17) is 16.9 Å². The summed E-state index contributed by atoms with van der Waals surface area (Å²) in [6.07, 6.45) is 1.79. The van der Waals surface area contributed by atoms with Gasteiger partial charge in [-0.2, -0.15) is 10.4 Å². The zero-order valence-electron chi connectivity index (χ0n) is 8.19. The van der Waals surface area contributed by atoms with Crippen molar-refractivity contribution >= 4 is 27.5 Å². The largest absolute Gasteiger partial charge is 0.266 e. The van der Waals surface area contributed by atoms with Gasteiger partial charge in [-0.1, -0.05) is 29.8 Å². The van der Waals surface area contributed by atoms with Gasteiger partial charge < -0.3 is 0 Å². The van der Waals surface area contributed by atoms with Crippen LogP contribution in [0.1, 0.15) is 11.1 Å². The number of benzene rings is 1. The fourth-order valence-electron chi connectivity index (χ4n) is 1.40. The normalized spacial score (nSPS) is 10.1. The Bertz CT molecular complexity index is 537. The van der Waals surface area contributed by atoms with E-state index in [-0.39, 0.29) is 0 Å². The number of halogens is 2. The second-order valence-electron chi connectivity index (χ2n) is 3.23. The van der Waals surface area contributed by atoms with Gasteiger partial charge in [0.2, 0.25) is 0 Å². The molecule has 3 nitrogen and oxygen atoms in total. The van der Waals surface area contributed by atoms with Gasteiger partial charge in [0, 0.05) is 6.20 Å². The Hall–Kier alpha value is -1.31. The Balaban J connectivity index is 2.31. The standard InChI is InChI=1S/C11H7BrClN3/c12-10-7-16(15-11(10)13)6-9-4-2-1-3-8(9)5-14/h1-4,7H,6H2. The predicted octanol–water partition coefficient (Wildman–Crippen LogP) is 3.22. The summed E-state index contributed by atoms with van der Waals surface area (Å²) < 4.78 is 2.45. The molecule has 1 aromatic carbocycles. The highest BCUT2D eigenvalue weighted by atomic mass is 79.9. The molecule has 80 valence electrons. The lowest BCUT2D eigenvalue weighted by Gasteiger charge is -2.03. The molecule has 0 aliphatic carbocycles. The quantitative estimate of drug-likeness (QED) is 0.854. The lowest BCUT2D eigenvalue weighted by Crippen LogP contribution is -2.01. The number of rotatable bonds is 2. The van der Waals surface area contributed by atoms with Gasteiger partial charge in [0.05, 0.1) is 22.7 Å². The number of hydrogen-bond acceptors (Lipinski definition) is 2. The summed E-state index contributed by atoms with van der Waals surface area (Å²) in [7, 11) is 0. The van der Waals surface area contributed by atoms with Crippen molar-refractivity contribution in [2.75, 3.05) is 0 Å². The monoisotopic (exact) mass is 295 g/mol. The fourth-order valence-corrected chi connectivity index (χ4v) is 1.86. The topological polar surface area (TPSA) is 41.6 Å². The minimum absolute atomic E-state index is 0.425. The zero-order chi connectivity index (χ0) is 11.5. The maximum absolute atomic E-state index is 8.94. The maximum Gasteiger partial charge on any atom is 0.165 e. The molecule has 2 aromatic rings. The van der Waals surface area contributed by atoms with E-state index in [0.717, 1.165) is 10.0 Å². The van der Waals surface area contributed by atoms with E-state index < -0.39 is 0 Å². The number of nitrogens with zero attached hydrogens (tertiary/aromatic N) is 3. The molecule has 0 bridgehead atoms. The second kappa shape index (κ2) is 4.69. The van der Waals surface area contributed by atoms with E-state index in [9.17, 15) is 0 Å². The van der Waals surface area contributed by atoms with Crippen LogP contribution in [0.15, 0.2) is 34.9 Å². The average Bonchev–Trinajstić information content (AvgIpc) is 2.59. The van der Waals surface area contributed by atoms with Gasteiger partial charge in [0.25, 0.3) is 0 Å². The average molecular weight is 297 g/mol. The Morgan fingerprint density at radius 2 is 2.19 bits per heavy atom. The second-order valence-corrected chi connectivity index (χ2v) is 4.45. The smallest absolute Gasteiger partial charge is 0.165 e. The molecule has 0 radical (unpaired) electrons. The molecule has 2 rings (SSSR count). The van der Waals surface area contributed by atoms with Crippen molar-refractivity contribution in [2.24, 2.45) is 0 Å². The van der Waals surface area contributed by atoms with Crippen LogP contribution < -0.4 is 0 Å². The highest BCUT2D eigenvalue weighted by Crippen LogP contribution is 2.20. The van der Waals surface area contributed by atoms with Crippen molar-refractivity contribution in [2.45, 2.75) is 6.54 Å². The first-order valence-electron chi connectivity index (χ1n) is 4.57. The van der Waals surface area contributed by atoms with Crippen LogP contribution in [0.3, 0.4) is 0 Å². The van der Waals surface area contributed by atoms with Gasteiger partial charge in [-0.25, -0.2) is 0 Å². The summed E-state index contributed by atoms with van der Waals surface area (Å²) in [4.78, 5) is 0. The molecule has 0 saturated heterocycles. The Labute approximate surface area is 106 Å². The fraction of sp³-hybridized carbons (Fsp3) is 0.0909. The summed E-state index contributed by atoms with van der Waals surface area (Å²) in [5.74, 6) is 0. The minimum atomic E-state index is 0.425. The molecule has 0 saturated carbocycles. The third-order valence-corrected chi connectivity index (χ3v) is 3.23. The van der Waals surface area contributed by atoms with Crippen molar-refractivity contribution < 1.29 is 0 Å². The van der Waals surface area contributed by atoms with Crippen LogP contribution in [-0.2, 0) is 6.54 Å². The van der Waals surface area contributed by atoms with E-state index in [1.54, 1.807) is 16.9 Å². The van der Waals surface area contributed by atoms with E-state index >= 15 is 0 Å². The third-order valence-electron chi connectivity index (χ3n) is 2.15. The molecule has 16 heavy (non-hydrogen) atoms. The molecule has 0 atom stereocenters. The first-order valence-corrected chi connectivity index (χ1v) is 5.74. The molecule has 1 aromatic heterocycles.